The van der Waals surface area contributed by atoms with Gasteiger partial charge in [0.15, 0.2) is 0 Å². The number of amides is 1. The Bertz CT molecular complexity index is 1200. The molecule has 3 aromatic rings. The molecule has 1 saturated carbocycles. The quantitative estimate of drug-likeness (QED) is 0.532. The normalized spacial score (nSPS) is 17.9. The van der Waals surface area contributed by atoms with Crippen LogP contribution in [0.15, 0.2) is 36.7 Å². The maximum absolute atomic E-state index is 13.2. The smallest absolute Gasteiger partial charge is 0.387 e. The number of aliphatic hydroxyl groups excluding tert-OH is 1. The molecule has 1 aliphatic rings. The van der Waals surface area contributed by atoms with Gasteiger partial charge < -0.3 is 19.9 Å². The molecule has 0 spiro atoms. The third-order valence-corrected chi connectivity index (χ3v) is 5.76. The van der Waals surface area contributed by atoms with Gasteiger partial charge in [-0.05, 0) is 29.3 Å². The van der Waals surface area contributed by atoms with Crippen LogP contribution in [-0.4, -0.2) is 53.2 Å². The van der Waals surface area contributed by atoms with E-state index < -0.39 is 30.1 Å². The minimum Gasteiger partial charge on any atom is -0.496 e. The Kier molecular flexibility index (Phi) is 5.96. The van der Waals surface area contributed by atoms with E-state index in [2.05, 4.69) is 15.2 Å². The van der Waals surface area contributed by atoms with E-state index in [1.54, 1.807) is 16.9 Å². The first-order valence-electron chi connectivity index (χ1n) is 10.4. The Morgan fingerprint density at radius 1 is 1.33 bits per heavy atom. The van der Waals surface area contributed by atoms with Crippen LogP contribution in [0.2, 0.25) is 0 Å². The Labute approximate surface area is 188 Å². The first-order chi connectivity index (χ1) is 15.6. The second-order valence-corrected chi connectivity index (χ2v) is 8.61. The molecule has 0 bridgehead atoms. The summed E-state index contributed by atoms with van der Waals surface area (Å²) >= 11 is 0. The summed E-state index contributed by atoms with van der Waals surface area (Å²) in [7, 11) is 1.30. The monoisotopic (exact) mass is 463 g/mol. The number of nitrogens with one attached hydrogen (secondary N) is 1. The molecule has 0 radical (unpaired) electrons. The van der Waals surface area contributed by atoms with Gasteiger partial charge in [0.1, 0.15) is 23.2 Å². The fourth-order valence-electron chi connectivity index (χ4n) is 3.57. The van der Waals surface area contributed by atoms with Gasteiger partial charge in [-0.25, -0.2) is 8.91 Å². The average Bonchev–Trinajstić information content (AvgIpc) is 3.30. The number of alkyl halides is 3. The minimum atomic E-state index is -3.18. The Morgan fingerprint density at radius 2 is 2.03 bits per heavy atom. The highest BCUT2D eigenvalue weighted by molar-refractivity contribution is 6.01. The summed E-state index contributed by atoms with van der Waals surface area (Å²) in [5, 5.41) is 16.4. The lowest BCUT2D eigenvalue weighted by molar-refractivity contribution is -0.0502. The lowest BCUT2D eigenvalue weighted by Gasteiger charge is -2.22. The summed E-state index contributed by atoms with van der Waals surface area (Å²) < 4.78 is 51.1. The van der Waals surface area contributed by atoms with Gasteiger partial charge in [0.05, 0.1) is 31.5 Å². The van der Waals surface area contributed by atoms with Gasteiger partial charge in [-0.1, -0.05) is 19.9 Å². The first kappa shape index (κ1) is 22.9. The molecule has 7 nitrogen and oxygen atoms in total. The standard InChI is InChI=1S/C23H24F3N3O4/c1-23(2,11-30)13-4-5-17-14(9-27-29(17)10-13)12-6-18(32-3)20(19(7-12)33-22(25)26)21(31)28-16-8-15(16)24/h4-7,9-10,15-16,22,30H,8,11H2,1-3H3,(H,28,31)/t15-,16+/m0/s1. The summed E-state index contributed by atoms with van der Waals surface area (Å²) in [4.78, 5) is 12.7. The number of aromatic nitrogens is 2. The third-order valence-electron chi connectivity index (χ3n) is 5.76. The van der Waals surface area contributed by atoms with Gasteiger partial charge in [-0.3, -0.25) is 4.79 Å². The van der Waals surface area contributed by atoms with E-state index in [9.17, 15) is 23.1 Å². The number of hydrogen-bond acceptors (Lipinski definition) is 5. The van der Waals surface area contributed by atoms with E-state index in [-0.39, 0.29) is 30.1 Å². The molecule has 4 rings (SSSR count). The van der Waals surface area contributed by atoms with Crippen molar-refractivity contribution >= 4 is 11.4 Å². The first-order valence-corrected chi connectivity index (χ1v) is 10.4. The summed E-state index contributed by atoms with van der Waals surface area (Å²) in [5.41, 5.74) is 1.87. The SMILES string of the molecule is COc1cc(-c2cnn3cc(C(C)(C)CO)ccc23)cc(OC(F)F)c1C(=O)N[C@@H]1C[C@@H]1F. The van der Waals surface area contributed by atoms with Gasteiger partial charge in [0.2, 0.25) is 0 Å². The van der Waals surface area contributed by atoms with Crippen LogP contribution >= 0.6 is 0 Å². The number of fused-ring (bicyclic) bond motifs is 1. The predicted molar refractivity (Wildman–Crippen MR) is 115 cm³/mol. The van der Waals surface area contributed by atoms with Crippen LogP contribution in [0.5, 0.6) is 11.5 Å². The molecule has 2 heterocycles. The highest BCUT2D eigenvalue weighted by Gasteiger charge is 2.40. The van der Waals surface area contributed by atoms with E-state index in [0.29, 0.717) is 16.6 Å². The average molecular weight is 463 g/mol. The lowest BCUT2D eigenvalue weighted by Crippen LogP contribution is -2.28. The molecular formula is C23H24F3N3O4. The zero-order chi connectivity index (χ0) is 23.9. The van der Waals surface area contributed by atoms with E-state index in [0.717, 1.165) is 5.56 Å². The van der Waals surface area contributed by atoms with Crippen molar-refractivity contribution in [2.45, 2.75) is 44.5 Å². The van der Waals surface area contributed by atoms with E-state index in [1.807, 2.05) is 26.0 Å². The lowest BCUT2D eigenvalue weighted by atomic mass is 9.87. The van der Waals surface area contributed by atoms with Crippen molar-refractivity contribution < 1.29 is 32.5 Å². The minimum absolute atomic E-state index is 0.00842. The molecule has 2 aromatic heterocycles. The third kappa shape index (κ3) is 4.47. The van der Waals surface area contributed by atoms with Crippen molar-refractivity contribution in [1.29, 1.82) is 0 Å². The van der Waals surface area contributed by atoms with Crippen molar-refractivity contribution in [2.75, 3.05) is 13.7 Å². The topological polar surface area (TPSA) is 85.1 Å². The number of ether oxygens (including phenoxy) is 2. The fraction of sp³-hybridized carbons (Fsp3) is 0.391. The molecular weight excluding hydrogens is 439 g/mol. The van der Waals surface area contributed by atoms with Crippen LogP contribution in [0.4, 0.5) is 13.2 Å². The van der Waals surface area contributed by atoms with E-state index in [1.165, 1.54) is 19.2 Å². The van der Waals surface area contributed by atoms with Crippen LogP contribution in [0.25, 0.3) is 16.6 Å². The van der Waals surface area contributed by atoms with Crippen LogP contribution in [-0.2, 0) is 5.41 Å². The molecule has 1 fully saturated rings. The summed E-state index contributed by atoms with van der Waals surface area (Å²) in [6, 6.07) is 5.85. The Hall–Kier alpha value is -3.27. The van der Waals surface area contributed by atoms with Crippen molar-refractivity contribution in [3.63, 3.8) is 0 Å². The van der Waals surface area contributed by atoms with Gasteiger partial charge in [-0.2, -0.15) is 13.9 Å². The maximum atomic E-state index is 13.2. The van der Waals surface area contributed by atoms with Crippen molar-refractivity contribution in [3.05, 3.63) is 47.8 Å². The number of halogens is 3. The van der Waals surface area contributed by atoms with Gasteiger partial charge in [0, 0.05) is 23.6 Å². The molecule has 1 aliphatic carbocycles. The number of carbonyl (C=O) groups excluding carboxylic acids is 1. The van der Waals surface area contributed by atoms with Crippen LogP contribution in [0.1, 0.15) is 36.2 Å². The zero-order valence-corrected chi connectivity index (χ0v) is 18.3. The second kappa shape index (κ2) is 8.58. The Balaban J connectivity index is 1.79. The molecule has 2 N–H and O–H groups in total. The van der Waals surface area contributed by atoms with Crippen LogP contribution in [0.3, 0.4) is 0 Å². The number of pyridine rings is 1. The van der Waals surface area contributed by atoms with E-state index >= 15 is 0 Å². The molecule has 10 heteroatoms. The predicted octanol–water partition coefficient (Wildman–Crippen LogP) is 3.72. The van der Waals surface area contributed by atoms with Crippen molar-refractivity contribution in [2.24, 2.45) is 0 Å². The Morgan fingerprint density at radius 3 is 2.64 bits per heavy atom. The summed E-state index contributed by atoms with van der Waals surface area (Å²) in [6.07, 6.45) is 2.37. The number of hydrogen-bond donors (Lipinski definition) is 2. The molecule has 176 valence electrons. The molecule has 0 saturated heterocycles. The number of methoxy groups -OCH3 is 1. The molecule has 1 amide bonds. The fourth-order valence-corrected chi connectivity index (χ4v) is 3.57. The molecule has 2 atom stereocenters. The number of carbonyl (C=O) groups is 1. The van der Waals surface area contributed by atoms with Gasteiger partial charge in [0.25, 0.3) is 5.91 Å². The highest BCUT2D eigenvalue weighted by atomic mass is 19.3. The number of nitrogens with zero attached hydrogens (tertiary/aromatic N) is 2. The van der Waals surface area contributed by atoms with E-state index in [4.69, 9.17) is 4.74 Å². The van der Waals surface area contributed by atoms with Crippen molar-refractivity contribution in [1.82, 2.24) is 14.9 Å². The molecule has 33 heavy (non-hydrogen) atoms. The zero-order valence-electron chi connectivity index (χ0n) is 18.3. The molecule has 0 unspecified atom stereocenters. The number of aliphatic hydroxyl groups is 1. The highest BCUT2D eigenvalue weighted by Crippen LogP contribution is 2.38. The summed E-state index contributed by atoms with van der Waals surface area (Å²) in [5.74, 6) is -1.13. The second-order valence-electron chi connectivity index (χ2n) is 8.61. The maximum Gasteiger partial charge on any atom is 0.387 e. The van der Waals surface area contributed by atoms with Crippen LogP contribution in [0, 0.1) is 0 Å². The van der Waals surface area contributed by atoms with Gasteiger partial charge in [-0.15, -0.1) is 0 Å². The molecule has 1 aromatic carbocycles. The summed E-state index contributed by atoms with van der Waals surface area (Å²) in [6.45, 7) is 0.562. The number of benzene rings is 1. The largest absolute Gasteiger partial charge is 0.496 e. The van der Waals surface area contributed by atoms with Crippen LogP contribution < -0.4 is 14.8 Å². The van der Waals surface area contributed by atoms with Gasteiger partial charge >= 0.3 is 6.61 Å². The number of rotatable bonds is 8. The molecule has 0 aliphatic heterocycles. The van der Waals surface area contributed by atoms with Crippen molar-refractivity contribution in [3.8, 4) is 22.6 Å².